The maximum absolute atomic E-state index is 12.3. The minimum absolute atomic E-state index is 0.0105. The van der Waals surface area contributed by atoms with Crippen LogP contribution >= 0.6 is 0 Å². The Morgan fingerprint density at radius 1 is 1.07 bits per heavy atom. The highest BCUT2D eigenvalue weighted by atomic mass is 32.2. The van der Waals surface area contributed by atoms with E-state index >= 15 is 0 Å². The molecule has 0 bridgehead atoms. The molecule has 0 unspecified atom stereocenters. The molecule has 1 heterocycles. The Morgan fingerprint density at radius 2 is 1.67 bits per heavy atom. The minimum Gasteiger partial charge on any atom is -0.360 e. The first-order chi connectivity index (χ1) is 13.8. The van der Waals surface area contributed by atoms with Crippen LogP contribution in [0, 0.1) is 27.7 Å². The molecule has 0 aliphatic heterocycles. The number of nitrogens with one attached hydrogen (secondary N) is 2. The van der Waals surface area contributed by atoms with Crippen LogP contribution < -0.4 is 10.0 Å². The summed E-state index contributed by atoms with van der Waals surface area (Å²) in [5.41, 5.74) is 5.38. The lowest BCUT2D eigenvalue weighted by Crippen LogP contribution is -2.32. The molecule has 1 amide bonds. The van der Waals surface area contributed by atoms with E-state index in [9.17, 15) is 13.2 Å². The van der Waals surface area contributed by atoms with Gasteiger partial charge in [-0.05, 0) is 61.8 Å². The highest BCUT2D eigenvalue weighted by molar-refractivity contribution is 7.89. The third kappa shape index (κ3) is 5.92. The number of hydrogen-bond acceptors (Lipinski definition) is 5. The quantitative estimate of drug-likeness (QED) is 0.663. The van der Waals surface area contributed by atoms with Crippen LogP contribution in [-0.4, -0.2) is 32.6 Å². The summed E-state index contributed by atoms with van der Waals surface area (Å²) in [4.78, 5) is 12.2. The smallest absolute Gasteiger partial charge is 0.245 e. The largest absolute Gasteiger partial charge is 0.360 e. The van der Waals surface area contributed by atoms with Crippen molar-refractivity contribution in [1.82, 2.24) is 15.2 Å². The summed E-state index contributed by atoms with van der Waals surface area (Å²) in [5, 5.41) is 6.52. The highest BCUT2D eigenvalue weighted by Crippen LogP contribution is 2.27. The number of benzene rings is 1. The van der Waals surface area contributed by atoms with Crippen LogP contribution in [0.5, 0.6) is 0 Å². The van der Waals surface area contributed by atoms with E-state index in [1.54, 1.807) is 13.8 Å². The van der Waals surface area contributed by atoms with E-state index in [2.05, 4.69) is 61.9 Å². The number of carbonyl (C=O) groups is 1. The van der Waals surface area contributed by atoms with E-state index in [1.165, 1.54) is 22.3 Å². The predicted octanol–water partition coefficient (Wildman–Crippen LogP) is 3.23. The number of aromatic nitrogens is 1. The zero-order chi connectivity index (χ0) is 22.7. The van der Waals surface area contributed by atoms with Crippen LogP contribution in [-0.2, 0) is 26.7 Å². The summed E-state index contributed by atoms with van der Waals surface area (Å²) in [6.07, 6.45) is 0.794. The lowest BCUT2D eigenvalue weighted by molar-refractivity contribution is -0.120. The first kappa shape index (κ1) is 24.1. The Balaban J connectivity index is 1.85. The van der Waals surface area contributed by atoms with Crippen molar-refractivity contribution in [2.24, 2.45) is 0 Å². The average Bonchev–Trinajstić information content (AvgIpc) is 2.95. The minimum atomic E-state index is -3.75. The fourth-order valence-electron chi connectivity index (χ4n) is 3.47. The van der Waals surface area contributed by atoms with Gasteiger partial charge in [0.1, 0.15) is 10.6 Å². The molecule has 2 rings (SSSR count). The average molecular weight is 436 g/mol. The lowest BCUT2D eigenvalue weighted by atomic mass is 9.83. The van der Waals surface area contributed by atoms with Gasteiger partial charge < -0.3 is 9.84 Å². The van der Waals surface area contributed by atoms with Crippen molar-refractivity contribution in [3.05, 3.63) is 45.8 Å². The monoisotopic (exact) mass is 435 g/mol. The summed E-state index contributed by atoms with van der Waals surface area (Å²) in [5.74, 6) is 0.0331. The number of amides is 1. The molecule has 0 aliphatic rings. The first-order valence-electron chi connectivity index (χ1n) is 10.1. The standard InChI is InChI=1S/C22H33N3O4S/c1-14-12-18(22(5,6)7)13-15(2)19(14)8-10-23-20(26)9-11-24-30(27,28)21-16(3)25-29-17(21)4/h12-13,24H,8-11H2,1-7H3,(H,23,26). The molecule has 0 aliphatic carbocycles. The Bertz CT molecular complexity index is 975. The van der Waals surface area contributed by atoms with Gasteiger partial charge in [0.25, 0.3) is 0 Å². The molecule has 166 valence electrons. The molecule has 8 heteroatoms. The van der Waals surface area contributed by atoms with Crippen LogP contribution in [0.1, 0.15) is 60.9 Å². The molecular weight excluding hydrogens is 402 g/mol. The van der Waals surface area contributed by atoms with Crippen molar-refractivity contribution in [3.8, 4) is 0 Å². The van der Waals surface area contributed by atoms with Gasteiger partial charge in [-0.3, -0.25) is 4.79 Å². The van der Waals surface area contributed by atoms with Gasteiger partial charge in [0, 0.05) is 19.5 Å². The Morgan fingerprint density at radius 3 is 2.17 bits per heavy atom. The van der Waals surface area contributed by atoms with E-state index in [0.29, 0.717) is 12.2 Å². The van der Waals surface area contributed by atoms with Gasteiger partial charge in [-0.25, -0.2) is 13.1 Å². The fourth-order valence-corrected chi connectivity index (χ4v) is 4.82. The van der Waals surface area contributed by atoms with Crippen molar-refractivity contribution >= 4 is 15.9 Å². The van der Waals surface area contributed by atoms with Gasteiger partial charge in [0.2, 0.25) is 15.9 Å². The molecular formula is C22H33N3O4S. The van der Waals surface area contributed by atoms with Crippen LogP contribution in [0.25, 0.3) is 0 Å². The number of nitrogens with zero attached hydrogens (tertiary/aromatic N) is 1. The highest BCUT2D eigenvalue weighted by Gasteiger charge is 2.24. The topological polar surface area (TPSA) is 101 Å². The Labute approximate surface area is 179 Å². The molecule has 2 aromatic rings. The molecule has 1 aromatic heterocycles. The molecule has 0 spiro atoms. The Kier molecular flexibility index (Phi) is 7.47. The lowest BCUT2D eigenvalue weighted by Gasteiger charge is -2.22. The number of aryl methyl sites for hydroxylation is 4. The zero-order valence-corrected chi connectivity index (χ0v) is 19.8. The van der Waals surface area contributed by atoms with Crippen molar-refractivity contribution in [3.63, 3.8) is 0 Å². The van der Waals surface area contributed by atoms with Crippen molar-refractivity contribution < 1.29 is 17.7 Å². The fraction of sp³-hybridized carbons (Fsp3) is 0.545. The molecule has 7 nitrogen and oxygen atoms in total. The van der Waals surface area contributed by atoms with Crippen molar-refractivity contribution in [2.45, 2.75) is 71.6 Å². The summed E-state index contributed by atoms with van der Waals surface area (Å²) in [6.45, 7) is 14.4. The first-order valence-corrected chi connectivity index (χ1v) is 11.6. The van der Waals surface area contributed by atoms with E-state index in [1.807, 2.05) is 0 Å². The van der Waals surface area contributed by atoms with Crippen LogP contribution in [0.4, 0.5) is 0 Å². The van der Waals surface area contributed by atoms with E-state index in [0.717, 1.165) is 6.42 Å². The van der Waals surface area contributed by atoms with Gasteiger partial charge in [-0.2, -0.15) is 0 Å². The van der Waals surface area contributed by atoms with Crippen molar-refractivity contribution in [1.29, 1.82) is 0 Å². The van der Waals surface area contributed by atoms with Crippen molar-refractivity contribution in [2.75, 3.05) is 13.1 Å². The molecule has 1 aromatic carbocycles. The van der Waals surface area contributed by atoms with Crippen LogP contribution in [0.2, 0.25) is 0 Å². The third-order valence-electron chi connectivity index (χ3n) is 5.14. The maximum atomic E-state index is 12.3. The molecule has 0 atom stereocenters. The summed E-state index contributed by atoms with van der Waals surface area (Å²) >= 11 is 0. The van der Waals surface area contributed by atoms with Crippen LogP contribution in [0.15, 0.2) is 21.6 Å². The van der Waals surface area contributed by atoms with Crippen LogP contribution in [0.3, 0.4) is 0 Å². The molecule has 0 saturated heterocycles. The van der Waals surface area contributed by atoms with E-state index in [4.69, 9.17) is 4.52 Å². The van der Waals surface area contributed by atoms with E-state index < -0.39 is 10.0 Å². The summed E-state index contributed by atoms with van der Waals surface area (Å²) in [6, 6.07) is 4.43. The summed E-state index contributed by atoms with van der Waals surface area (Å²) in [7, 11) is -3.75. The molecule has 2 N–H and O–H groups in total. The van der Waals surface area contributed by atoms with E-state index in [-0.39, 0.29) is 34.9 Å². The molecule has 30 heavy (non-hydrogen) atoms. The van der Waals surface area contributed by atoms with Gasteiger partial charge in [-0.15, -0.1) is 0 Å². The molecule has 0 radical (unpaired) electrons. The SMILES string of the molecule is Cc1cc(C(C)(C)C)cc(C)c1CCNC(=O)CCNS(=O)(=O)c1c(C)noc1C. The Hall–Kier alpha value is -2.19. The van der Waals surface area contributed by atoms with Gasteiger partial charge in [0.05, 0.1) is 0 Å². The van der Waals surface area contributed by atoms with Gasteiger partial charge >= 0.3 is 0 Å². The third-order valence-corrected chi connectivity index (χ3v) is 6.84. The maximum Gasteiger partial charge on any atom is 0.245 e. The number of sulfonamides is 1. The van der Waals surface area contributed by atoms with Gasteiger partial charge in [-0.1, -0.05) is 38.1 Å². The number of hydrogen-bond donors (Lipinski definition) is 2. The normalized spacial score (nSPS) is 12.2. The zero-order valence-electron chi connectivity index (χ0n) is 19.0. The second-order valence-electron chi connectivity index (χ2n) is 8.74. The molecule has 0 fully saturated rings. The molecule has 0 saturated carbocycles. The second kappa shape index (κ2) is 9.31. The predicted molar refractivity (Wildman–Crippen MR) is 117 cm³/mol. The number of rotatable bonds is 8. The summed E-state index contributed by atoms with van der Waals surface area (Å²) < 4.78 is 32.0. The van der Waals surface area contributed by atoms with Gasteiger partial charge in [0.15, 0.2) is 5.76 Å². The number of carbonyl (C=O) groups excluding carboxylic acids is 1. The second-order valence-corrected chi connectivity index (χ2v) is 10.4.